The van der Waals surface area contributed by atoms with Crippen molar-refractivity contribution in [1.29, 1.82) is 10.5 Å². The van der Waals surface area contributed by atoms with Crippen molar-refractivity contribution in [2.24, 2.45) is 0 Å². The van der Waals surface area contributed by atoms with Gasteiger partial charge in [0.15, 0.2) is 0 Å². The number of hydrogen-bond donors (Lipinski definition) is 1. The van der Waals surface area contributed by atoms with Gasteiger partial charge in [0, 0.05) is 55.2 Å². The SMILES string of the molecule is N#Cc1cc(F)cc(N(C(=O)C[C@@H]2CCC(=O)N2c2cc(C#N)ccn2)[C@H](C(=O)NC2CC(F)(F)C2)c2ccccc2F)c1. The fraction of sp³-hybridized carbons (Fsp3) is 0.290. The van der Waals surface area contributed by atoms with Gasteiger partial charge in [-0.25, -0.2) is 22.5 Å². The lowest BCUT2D eigenvalue weighted by molar-refractivity contribution is -0.133. The third kappa shape index (κ3) is 6.22. The average molecular weight is 605 g/mol. The smallest absolute Gasteiger partial charge is 0.252 e. The summed E-state index contributed by atoms with van der Waals surface area (Å²) in [6.45, 7) is 0. The Morgan fingerprint density at radius 3 is 2.48 bits per heavy atom. The second kappa shape index (κ2) is 12.1. The predicted octanol–water partition coefficient (Wildman–Crippen LogP) is 4.68. The highest BCUT2D eigenvalue weighted by atomic mass is 19.3. The highest BCUT2D eigenvalue weighted by Crippen LogP contribution is 2.39. The number of anilines is 2. The highest BCUT2D eigenvalue weighted by Gasteiger charge is 2.47. The van der Waals surface area contributed by atoms with Crippen LogP contribution in [0.1, 0.15) is 54.8 Å². The van der Waals surface area contributed by atoms with E-state index in [1.165, 1.54) is 41.4 Å². The number of nitriles is 2. The van der Waals surface area contributed by atoms with Gasteiger partial charge >= 0.3 is 0 Å². The Labute approximate surface area is 249 Å². The summed E-state index contributed by atoms with van der Waals surface area (Å²) in [5.74, 6) is -6.88. The topological polar surface area (TPSA) is 130 Å². The van der Waals surface area contributed by atoms with Crippen molar-refractivity contribution >= 4 is 29.2 Å². The van der Waals surface area contributed by atoms with Crippen LogP contribution in [0.15, 0.2) is 60.8 Å². The molecule has 9 nitrogen and oxygen atoms in total. The fourth-order valence-electron chi connectivity index (χ4n) is 5.52. The molecule has 2 aliphatic rings. The number of amides is 3. The van der Waals surface area contributed by atoms with Gasteiger partial charge in [0.25, 0.3) is 5.92 Å². The lowest BCUT2D eigenvalue weighted by atomic mass is 9.87. The number of aromatic nitrogens is 1. The first-order valence-electron chi connectivity index (χ1n) is 13.6. The Balaban J connectivity index is 1.57. The van der Waals surface area contributed by atoms with Crippen LogP contribution in [0.5, 0.6) is 0 Å². The van der Waals surface area contributed by atoms with Crippen molar-refractivity contribution in [2.75, 3.05) is 9.80 Å². The molecule has 3 amide bonds. The maximum atomic E-state index is 15.3. The minimum absolute atomic E-state index is 0.0437. The molecule has 1 aliphatic heterocycles. The molecule has 1 N–H and O–H groups in total. The molecule has 224 valence electrons. The summed E-state index contributed by atoms with van der Waals surface area (Å²) in [5.41, 5.74) is -0.522. The lowest BCUT2D eigenvalue weighted by Gasteiger charge is -2.38. The van der Waals surface area contributed by atoms with Gasteiger partial charge < -0.3 is 5.32 Å². The van der Waals surface area contributed by atoms with Crippen molar-refractivity contribution in [3.8, 4) is 12.1 Å². The number of nitrogens with zero attached hydrogens (tertiary/aromatic N) is 5. The molecule has 2 fully saturated rings. The van der Waals surface area contributed by atoms with Gasteiger partial charge in [-0.05, 0) is 42.8 Å². The van der Waals surface area contributed by atoms with Gasteiger partial charge in [-0.1, -0.05) is 18.2 Å². The van der Waals surface area contributed by atoms with E-state index >= 15 is 4.39 Å². The zero-order valence-electron chi connectivity index (χ0n) is 23.0. The molecule has 1 saturated carbocycles. The number of carbonyl (C=O) groups excluding carboxylic acids is 3. The van der Waals surface area contributed by atoms with Gasteiger partial charge in [0.1, 0.15) is 23.5 Å². The summed E-state index contributed by atoms with van der Waals surface area (Å²) in [4.78, 5) is 47.1. The number of halogens is 4. The van der Waals surface area contributed by atoms with E-state index in [-0.39, 0.29) is 46.9 Å². The molecule has 0 spiro atoms. The summed E-state index contributed by atoms with van der Waals surface area (Å²) in [6, 6.07) is 11.0. The Morgan fingerprint density at radius 1 is 1.07 bits per heavy atom. The van der Waals surface area contributed by atoms with Gasteiger partial charge in [-0.15, -0.1) is 0 Å². The summed E-state index contributed by atoms with van der Waals surface area (Å²) in [7, 11) is 0. The normalized spacial score (nSPS) is 18.1. The van der Waals surface area contributed by atoms with Crippen LogP contribution in [0.4, 0.5) is 29.1 Å². The van der Waals surface area contributed by atoms with Crippen molar-refractivity contribution in [3.63, 3.8) is 0 Å². The molecule has 2 heterocycles. The largest absolute Gasteiger partial charge is 0.351 e. The molecule has 0 unspecified atom stereocenters. The number of benzene rings is 2. The molecule has 1 aliphatic carbocycles. The van der Waals surface area contributed by atoms with Crippen LogP contribution in [0.2, 0.25) is 0 Å². The van der Waals surface area contributed by atoms with Crippen LogP contribution in [-0.4, -0.2) is 40.7 Å². The molecule has 5 rings (SSSR count). The number of pyridine rings is 1. The molecule has 13 heteroatoms. The summed E-state index contributed by atoms with van der Waals surface area (Å²) in [6.07, 6.45) is -0.169. The van der Waals surface area contributed by atoms with E-state index in [4.69, 9.17) is 0 Å². The highest BCUT2D eigenvalue weighted by molar-refractivity contribution is 6.03. The molecule has 0 radical (unpaired) electrons. The van der Waals surface area contributed by atoms with Gasteiger partial charge in [0.05, 0.1) is 23.3 Å². The molecule has 2 atom stereocenters. The number of hydrogen-bond acceptors (Lipinski definition) is 6. The van der Waals surface area contributed by atoms with E-state index in [1.54, 1.807) is 6.07 Å². The first-order chi connectivity index (χ1) is 21.0. The second-order valence-electron chi connectivity index (χ2n) is 10.6. The van der Waals surface area contributed by atoms with E-state index in [1.807, 2.05) is 6.07 Å². The molecule has 44 heavy (non-hydrogen) atoms. The Hall–Kier alpha value is -5.30. The van der Waals surface area contributed by atoms with E-state index in [0.29, 0.717) is 0 Å². The number of carbonyl (C=O) groups is 3. The van der Waals surface area contributed by atoms with Gasteiger partial charge in [-0.2, -0.15) is 10.5 Å². The van der Waals surface area contributed by atoms with Gasteiger partial charge in [0.2, 0.25) is 17.7 Å². The van der Waals surface area contributed by atoms with Gasteiger partial charge in [-0.3, -0.25) is 24.2 Å². The Kier molecular flexibility index (Phi) is 8.32. The number of nitrogens with one attached hydrogen (secondary N) is 1. The van der Waals surface area contributed by atoms with E-state index in [0.717, 1.165) is 29.2 Å². The van der Waals surface area contributed by atoms with E-state index in [9.17, 15) is 38.1 Å². The van der Waals surface area contributed by atoms with Crippen LogP contribution < -0.4 is 15.1 Å². The van der Waals surface area contributed by atoms with Crippen molar-refractivity contribution < 1.29 is 31.9 Å². The zero-order chi connectivity index (χ0) is 31.6. The number of alkyl halides is 2. The monoisotopic (exact) mass is 604 g/mol. The molecular formula is C31H24F4N6O3. The maximum Gasteiger partial charge on any atom is 0.252 e. The molecule has 1 aromatic heterocycles. The second-order valence-corrected chi connectivity index (χ2v) is 10.6. The average Bonchev–Trinajstić information content (AvgIpc) is 3.34. The summed E-state index contributed by atoms with van der Waals surface area (Å²) >= 11 is 0. The maximum absolute atomic E-state index is 15.3. The lowest BCUT2D eigenvalue weighted by Crippen LogP contribution is -2.54. The first-order valence-corrected chi connectivity index (χ1v) is 13.6. The third-order valence-electron chi connectivity index (χ3n) is 7.56. The molecule has 3 aromatic rings. The number of rotatable bonds is 8. The minimum atomic E-state index is -2.99. The Morgan fingerprint density at radius 2 is 1.80 bits per heavy atom. The molecule has 2 aromatic carbocycles. The standard InChI is InChI=1S/C31H24F4N6O3/c32-20-9-19(17-37)10-23(12-20)41(28(43)13-22-5-6-27(42)40(22)26-11-18(16-36)7-8-38-26)29(24-3-1-2-4-25(24)33)30(44)39-21-14-31(34,35)15-21/h1-4,7-12,21-22,29H,5-6,13-15H2,(H,39,44)/t22-,29-/m0/s1. The minimum Gasteiger partial charge on any atom is -0.351 e. The molecule has 1 saturated heterocycles. The van der Waals surface area contributed by atoms with Crippen molar-refractivity contribution in [3.05, 3.63) is 89.1 Å². The summed E-state index contributed by atoms with van der Waals surface area (Å²) in [5, 5.41) is 21.2. The van der Waals surface area contributed by atoms with Crippen LogP contribution in [0, 0.1) is 34.3 Å². The van der Waals surface area contributed by atoms with Crippen molar-refractivity contribution in [2.45, 2.75) is 56.2 Å². The van der Waals surface area contributed by atoms with E-state index < -0.39 is 66.8 Å². The van der Waals surface area contributed by atoms with Crippen molar-refractivity contribution in [1.82, 2.24) is 10.3 Å². The molecule has 0 bridgehead atoms. The summed E-state index contributed by atoms with van der Waals surface area (Å²) < 4.78 is 57.2. The molecular weight excluding hydrogens is 580 g/mol. The Bertz CT molecular complexity index is 1710. The quantitative estimate of drug-likeness (QED) is 0.372. The first kappa shape index (κ1) is 30.2. The predicted molar refractivity (Wildman–Crippen MR) is 148 cm³/mol. The van der Waals surface area contributed by atoms with Crippen LogP contribution >= 0.6 is 0 Å². The van der Waals surface area contributed by atoms with E-state index in [2.05, 4.69) is 10.3 Å². The van der Waals surface area contributed by atoms with Crippen LogP contribution in [0.3, 0.4) is 0 Å². The zero-order valence-corrected chi connectivity index (χ0v) is 23.0. The van der Waals surface area contributed by atoms with Crippen LogP contribution in [0.25, 0.3) is 0 Å². The third-order valence-corrected chi connectivity index (χ3v) is 7.56. The fourth-order valence-corrected chi connectivity index (χ4v) is 5.52. The van der Waals surface area contributed by atoms with Crippen LogP contribution in [-0.2, 0) is 14.4 Å².